The first-order chi connectivity index (χ1) is 16.7. The third kappa shape index (κ3) is 6.24. The molecule has 2 aromatic rings. The number of carbonyl (C=O) groups is 1. The molecule has 2 heterocycles. The quantitative estimate of drug-likeness (QED) is 0.373. The fourth-order valence-electron chi connectivity index (χ4n) is 5.57. The number of unbranched alkanes of at least 4 members (excludes halogenated alkanes) is 1. The van der Waals surface area contributed by atoms with Gasteiger partial charge in [0.1, 0.15) is 5.82 Å². The van der Waals surface area contributed by atoms with Crippen LogP contribution in [0.4, 0.5) is 5.82 Å². The fraction of sp³-hybridized carbons (Fsp3) is 0.600. The van der Waals surface area contributed by atoms with Gasteiger partial charge in [0.2, 0.25) is 0 Å². The zero-order valence-corrected chi connectivity index (χ0v) is 22.3. The molecule has 0 spiro atoms. The summed E-state index contributed by atoms with van der Waals surface area (Å²) in [6.45, 7) is 14.5. The molecular weight excluding hydrogens is 434 g/mol. The molecule has 4 rings (SSSR count). The van der Waals surface area contributed by atoms with Gasteiger partial charge in [-0.1, -0.05) is 45.9 Å². The molecule has 1 aromatic heterocycles. The number of esters is 1. The molecule has 0 radical (unpaired) electrons. The second-order valence-corrected chi connectivity index (χ2v) is 11.7. The normalized spacial score (nSPS) is 19.3. The minimum absolute atomic E-state index is 0.192. The Hall–Kier alpha value is -2.40. The van der Waals surface area contributed by atoms with E-state index in [1.54, 1.807) is 0 Å². The molecule has 35 heavy (non-hydrogen) atoms. The molecule has 0 saturated carbocycles. The molecule has 2 aliphatic rings. The summed E-state index contributed by atoms with van der Waals surface area (Å²) in [6, 6.07) is 14.0. The number of pyridine rings is 1. The number of nitrogens with zero attached hydrogens (tertiary/aromatic N) is 2. The van der Waals surface area contributed by atoms with Crippen LogP contribution in [0.1, 0.15) is 84.3 Å². The number of nitrogens with one attached hydrogen (secondary N) is 1. The molecule has 0 bridgehead atoms. The number of benzene rings is 1. The van der Waals surface area contributed by atoms with Crippen LogP contribution in [-0.2, 0) is 20.4 Å². The van der Waals surface area contributed by atoms with Crippen LogP contribution in [0, 0.1) is 0 Å². The molecule has 1 aromatic carbocycles. The summed E-state index contributed by atoms with van der Waals surface area (Å²) < 4.78 is 5.00. The van der Waals surface area contributed by atoms with Gasteiger partial charge in [-0.3, -0.25) is 4.79 Å². The van der Waals surface area contributed by atoms with E-state index in [1.807, 2.05) is 0 Å². The Morgan fingerprint density at radius 1 is 1.03 bits per heavy atom. The van der Waals surface area contributed by atoms with Crippen LogP contribution >= 0.6 is 0 Å². The summed E-state index contributed by atoms with van der Waals surface area (Å²) >= 11 is 0. The van der Waals surface area contributed by atoms with E-state index in [-0.39, 0.29) is 16.8 Å². The highest BCUT2D eigenvalue weighted by Crippen LogP contribution is 2.46. The maximum atomic E-state index is 10.8. The summed E-state index contributed by atoms with van der Waals surface area (Å²) in [5.74, 6) is 0.891. The van der Waals surface area contributed by atoms with Gasteiger partial charge in [0.25, 0.3) is 0 Å². The van der Waals surface area contributed by atoms with Gasteiger partial charge < -0.3 is 15.0 Å². The number of rotatable bonds is 8. The summed E-state index contributed by atoms with van der Waals surface area (Å²) in [5.41, 5.74) is 5.71. The lowest BCUT2D eigenvalue weighted by Gasteiger charge is -2.42. The van der Waals surface area contributed by atoms with Crippen molar-refractivity contribution in [2.45, 2.75) is 90.0 Å². The Morgan fingerprint density at radius 2 is 1.74 bits per heavy atom. The first-order valence-corrected chi connectivity index (χ1v) is 13.4. The highest BCUT2D eigenvalue weighted by molar-refractivity contribution is 5.66. The lowest BCUT2D eigenvalue weighted by atomic mass is 9.63. The van der Waals surface area contributed by atoms with Gasteiger partial charge in [-0.05, 0) is 85.2 Å². The Balaban J connectivity index is 1.36. The highest BCUT2D eigenvalue weighted by atomic mass is 16.5. The number of anilines is 1. The third-order valence-electron chi connectivity index (χ3n) is 8.01. The van der Waals surface area contributed by atoms with Crippen LogP contribution in [0.15, 0.2) is 36.4 Å². The number of aromatic nitrogens is 1. The standard InChI is InChI=1S/C30H43N3O2/c1-22(34)35-20-7-6-17-31-24-13-18-33(19-14-24)28-10-8-9-27(32-28)23-11-12-25-26(21-23)30(4,5)16-15-29(25,2)3/h8-12,21,24,31H,6-7,13-20H2,1-5H3. The fourth-order valence-corrected chi connectivity index (χ4v) is 5.57. The van der Waals surface area contributed by atoms with Crippen LogP contribution in [0.3, 0.4) is 0 Å². The van der Waals surface area contributed by atoms with E-state index < -0.39 is 0 Å². The molecule has 190 valence electrons. The van der Waals surface area contributed by atoms with Crippen molar-refractivity contribution in [3.63, 3.8) is 0 Å². The van der Waals surface area contributed by atoms with Gasteiger partial charge >= 0.3 is 5.97 Å². The van der Waals surface area contributed by atoms with Gasteiger partial charge in [-0.15, -0.1) is 0 Å². The van der Waals surface area contributed by atoms with Gasteiger partial charge in [-0.25, -0.2) is 4.98 Å². The number of carbonyl (C=O) groups excluding carboxylic acids is 1. The van der Waals surface area contributed by atoms with E-state index in [0.29, 0.717) is 12.6 Å². The van der Waals surface area contributed by atoms with Crippen molar-refractivity contribution in [1.82, 2.24) is 10.3 Å². The van der Waals surface area contributed by atoms with Crippen LogP contribution in [0.25, 0.3) is 11.3 Å². The molecule has 1 N–H and O–H groups in total. The Morgan fingerprint density at radius 3 is 2.46 bits per heavy atom. The average Bonchev–Trinajstić information content (AvgIpc) is 2.84. The third-order valence-corrected chi connectivity index (χ3v) is 8.01. The smallest absolute Gasteiger partial charge is 0.302 e. The summed E-state index contributed by atoms with van der Waals surface area (Å²) in [7, 11) is 0. The Labute approximate surface area is 211 Å². The maximum Gasteiger partial charge on any atom is 0.302 e. The van der Waals surface area contributed by atoms with Crippen molar-refractivity contribution in [2.75, 3.05) is 31.1 Å². The van der Waals surface area contributed by atoms with Crippen molar-refractivity contribution in [3.8, 4) is 11.3 Å². The van der Waals surface area contributed by atoms with E-state index in [0.717, 1.165) is 56.8 Å². The first-order valence-electron chi connectivity index (χ1n) is 13.4. The molecule has 1 aliphatic heterocycles. The van der Waals surface area contributed by atoms with Crippen molar-refractivity contribution in [3.05, 3.63) is 47.5 Å². The van der Waals surface area contributed by atoms with Gasteiger partial charge in [0.15, 0.2) is 0 Å². The van der Waals surface area contributed by atoms with E-state index in [2.05, 4.69) is 74.3 Å². The van der Waals surface area contributed by atoms with E-state index in [9.17, 15) is 4.79 Å². The monoisotopic (exact) mass is 477 g/mol. The topological polar surface area (TPSA) is 54.5 Å². The SMILES string of the molecule is CC(=O)OCCCCNC1CCN(c2cccc(-c3ccc4c(c3)C(C)(C)CCC4(C)C)n2)CC1. The van der Waals surface area contributed by atoms with Gasteiger partial charge in [0.05, 0.1) is 12.3 Å². The van der Waals surface area contributed by atoms with Gasteiger partial charge in [-0.2, -0.15) is 0 Å². The molecule has 0 atom stereocenters. The number of hydrogen-bond donors (Lipinski definition) is 1. The molecule has 0 amide bonds. The molecule has 5 heteroatoms. The summed E-state index contributed by atoms with van der Waals surface area (Å²) in [5, 5.41) is 3.67. The molecule has 1 fully saturated rings. The Kier molecular flexibility index (Phi) is 7.85. The van der Waals surface area contributed by atoms with Crippen LogP contribution < -0.4 is 10.2 Å². The second-order valence-electron chi connectivity index (χ2n) is 11.7. The highest BCUT2D eigenvalue weighted by Gasteiger charge is 2.37. The maximum absolute atomic E-state index is 10.8. The van der Waals surface area contributed by atoms with Crippen molar-refractivity contribution in [2.24, 2.45) is 0 Å². The Bertz CT molecular complexity index is 1020. The van der Waals surface area contributed by atoms with Crippen molar-refractivity contribution >= 4 is 11.8 Å². The zero-order valence-electron chi connectivity index (χ0n) is 22.3. The molecule has 5 nitrogen and oxygen atoms in total. The van der Waals surface area contributed by atoms with Crippen molar-refractivity contribution < 1.29 is 9.53 Å². The van der Waals surface area contributed by atoms with Gasteiger partial charge in [0, 0.05) is 31.6 Å². The van der Waals surface area contributed by atoms with Crippen LogP contribution in [0.2, 0.25) is 0 Å². The van der Waals surface area contributed by atoms with E-state index in [4.69, 9.17) is 9.72 Å². The summed E-state index contributed by atoms with van der Waals surface area (Å²) in [6.07, 6.45) is 6.65. The second kappa shape index (κ2) is 10.7. The first kappa shape index (κ1) is 25.7. The summed E-state index contributed by atoms with van der Waals surface area (Å²) in [4.78, 5) is 18.4. The number of hydrogen-bond acceptors (Lipinski definition) is 5. The lowest BCUT2D eigenvalue weighted by molar-refractivity contribution is -0.141. The predicted molar refractivity (Wildman–Crippen MR) is 144 cm³/mol. The van der Waals surface area contributed by atoms with E-state index in [1.165, 1.54) is 36.5 Å². The lowest BCUT2D eigenvalue weighted by Crippen LogP contribution is -2.43. The molecule has 0 unspecified atom stereocenters. The molecule has 1 aliphatic carbocycles. The predicted octanol–water partition coefficient (Wildman–Crippen LogP) is 6.00. The molecular formula is C30H43N3O2. The minimum Gasteiger partial charge on any atom is -0.466 e. The largest absolute Gasteiger partial charge is 0.466 e. The molecule has 1 saturated heterocycles. The number of piperidine rings is 1. The van der Waals surface area contributed by atoms with Crippen molar-refractivity contribution in [1.29, 1.82) is 0 Å². The number of ether oxygens (including phenoxy) is 1. The number of fused-ring (bicyclic) bond motifs is 1. The van der Waals surface area contributed by atoms with E-state index >= 15 is 0 Å². The zero-order chi connectivity index (χ0) is 25.1. The minimum atomic E-state index is -0.192. The van der Waals surface area contributed by atoms with Crippen LogP contribution in [-0.4, -0.2) is 43.2 Å². The van der Waals surface area contributed by atoms with Crippen LogP contribution in [0.5, 0.6) is 0 Å². The average molecular weight is 478 g/mol.